The van der Waals surface area contributed by atoms with Gasteiger partial charge in [0.15, 0.2) is 5.82 Å². The first kappa shape index (κ1) is 17.4. The number of hydrogen-bond donors (Lipinski definition) is 1. The summed E-state index contributed by atoms with van der Waals surface area (Å²) in [7, 11) is 0. The lowest BCUT2D eigenvalue weighted by atomic mass is 9.99. The minimum Gasteiger partial charge on any atom is -0.445 e. The molecule has 1 aliphatic rings. The second-order valence-electron chi connectivity index (χ2n) is 6.31. The Bertz CT molecular complexity index is 1000. The van der Waals surface area contributed by atoms with Crippen molar-refractivity contribution in [1.29, 1.82) is 0 Å². The number of fused-ring (bicyclic) bond motifs is 1. The summed E-state index contributed by atoms with van der Waals surface area (Å²) in [5.41, 5.74) is 4.25. The summed E-state index contributed by atoms with van der Waals surface area (Å²) in [6, 6.07) is 9.10. The molecule has 27 heavy (non-hydrogen) atoms. The normalized spacial score (nSPS) is 16.0. The SMILES string of the molecule is CC1c2c(nc(-c3cscn3)[nH]c2=O)CCN1C(=O)OCc1ccccc1. The van der Waals surface area contributed by atoms with Gasteiger partial charge < -0.3 is 14.6 Å². The Kier molecular flexibility index (Phi) is 4.72. The number of nitrogens with zero attached hydrogens (tertiary/aromatic N) is 3. The maximum atomic E-state index is 12.6. The molecule has 0 spiro atoms. The van der Waals surface area contributed by atoms with E-state index in [0.717, 1.165) is 5.56 Å². The molecule has 1 N–H and O–H groups in total. The van der Waals surface area contributed by atoms with E-state index in [-0.39, 0.29) is 12.2 Å². The maximum absolute atomic E-state index is 12.6. The highest BCUT2D eigenvalue weighted by molar-refractivity contribution is 7.07. The fraction of sp³-hybridized carbons (Fsp3) is 0.263. The number of carbonyl (C=O) groups is 1. The van der Waals surface area contributed by atoms with Crippen molar-refractivity contribution in [2.75, 3.05) is 6.54 Å². The molecule has 1 unspecified atom stereocenters. The molecule has 7 nitrogen and oxygen atoms in total. The molecule has 0 bridgehead atoms. The van der Waals surface area contributed by atoms with Gasteiger partial charge in [0.05, 0.1) is 22.8 Å². The van der Waals surface area contributed by atoms with Crippen molar-refractivity contribution >= 4 is 17.4 Å². The second kappa shape index (κ2) is 7.32. The first-order valence-corrected chi connectivity index (χ1v) is 9.56. The van der Waals surface area contributed by atoms with Crippen LogP contribution in [-0.4, -0.2) is 32.5 Å². The van der Waals surface area contributed by atoms with E-state index in [1.807, 2.05) is 42.6 Å². The largest absolute Gasteiger partial charge is 0.445 e. The molecule has 1 aromatic carbocycles. The van der Waals surface area contributed by atoms with Crippen molar-refractivity contribution in [3.8, 4) is 11.5 Å². The Labute approximate surface area is 159 Å². The molecular formula is C19H18N4O3S. The number of hydrogen-bond acceptors (Lipinski definition) is 6. The predicted molar refractivity (Wildman–Crippen MR) is 101 cm³/mol. The van der Waals surface area contributed by atoms with E-state index in [1.165, 1.54) is 11.3 Å². The van der Waals surface area contributed by atoms with E-state index < -0.39 is 12.1 Å². The van der Waals surface area contributed by atoms with Gasteiger partial charge in [0.2, 0.25) is 0 Å². The molecule has 0 aliphatic carbocycles. The van der Waals surface area contributed by atoms with E-state index >= 15 is 0 Å². The molecule has 1 aliphatic heterocycles. The lowest BCUT2D eigenvalue weighted by Gasteiger charge is -2.33. The van der Waals surface area contributed by atoms with Crippen LogP contribution in [0.3, 0.4) is 0 Å². The number of aromatic amines is 1. The van der Waals surface area contributed by atoms with Gasteiger partial charge in [0.1, 0.15) is 12.3 Å². The summed E-state index contributed by atoms with van der Waals surface area (Å²) in [4.78, 5) is 38.3. The molecule has 0 saturated carbocycles. The highest BCUT2D eigenvalue weighted by Gasteiger charge is 2.32. The smallest absolute Gasteiger partial charge is 0.410 e. The van der Waals surface area contributed by atoms with Crippen molar-refractivity contribution in [3.05, 3.63) is 68.4 Å². The van der Waals surface area contributed by atoms with E-state index in [2.05, 4.69) is 15.0 Å². The van der Waals surface area contributed by atoms with Crippen LogP contribution in [0.2, 0.25) is 0 Å². The Morgan fingerprint density at radius 1 is 1.37 bits per heavy atom. The van der Waals surface area contributed by atoms with Crippen LogP contribution >= 0.6 is 11.3 Å². The first-order valence-electron chi connectivity index (χ1n) is 8.62. The second-order valence-corrected chi connectivity index (χ2v) is 7.03. The van der Waals surface area contributed by atoms with Crippen molar-refractivity contribution in [2.24, 2.45) is 0 Å². The Balaban J connectivity index is 1.53. The van der Waals surface area contributed by atoms with Gasteiger partial charge in [-0.15, -0.1) is 11.3 Å². The number of nitrogens with one attached hydrogen (secondary N) is 1. The quantitative estimate of drug-likeness (QED) is 0.752. The summed E-state index contributed by atoms with van der Waals surface area (Å²) >= 11 is 1.44. The van der Waals surface area contributed by atoms with Crippen molar-refractivity contribution in [3.63, 3.8) is 0 Å². The van der Waals surface area contributed by atoms with Gasteiger partial charge in [-0.2, -0.15) is 0 Å². The van der Waals surface area contributed by atoms with Crippen LogP contribution in [0.15, 0.2) is 46.0 Å². The number of rotatable bonds is 3. The molecule has 0 saturated heterocycles. The number of thiazole rings is 1. The highest BCUT2D eigenvalue weighted by atomic mass is 32.1. The van der Waals surface area contributed by atoms with E-state index in [9.17, 15) is 9.59 Å². The number of aromatic nitrogens is 3. The topological polar surface area (TPSA) is 88.2 Å². The third-order valence-corrected chi connectivity index (χ3v) is 5.21. The van der Waals surface area contributed by atoms with Crippen molar-refractivity contribution in [2.45, 2.75) is 26.0 Å². The minimum absolute atomic E-state index is 0.202. The molecule has 2 aromatic heterocycles. The fourth-order valence-electron chi connectivity index (χ4n) is 3.23. The van der Waals surface area contributed by atoms with Crippen LogP contribution in [0, 0.1) is 0 Å². The van der Waals surface area contributed by atoms with Gasteiger partial charge in [0, 0.05) is 18.3 Å². The number of carbonyl (C=O) groups excluding carboxylic acids is 1. The standard InChI is InChI=1S/C19H18N4O3S/c1-12-16-14(21-17(22-18(16)24)15-10-27-11-20-15)7-8-23(12)19(25)26-9-13-5-3-2-4-6-13/h2-6,10-12H,7-9H2,1H3,(H,21,22,24). The van der Waals surface area contributed by atoms with Gasteiger partial charge in [-0.3, -0.25) is 4.79 Å². The summed E-state index contributed by atoms with van der Waals surface area (Å²) in [5, 5.41) is 1.84. The number of ether oxygens (including phenoxy) is 1. The lowest BCUT2D eigenvalue weighted by molar-refractivity contribution is 0.0797. The Hall–Kier alpha value is -3.00. The van der Waals surface area contributed by atoms with E-state index in [1.54, 1.807) is 10.4 Å². The molecule has 8 heteroatoms. The average Bonchev–Trinajstić information content (AvgIpc) is 3.21. The van der Waals surface area contributed by atoms with Gasteiger partial charge >= 0.3 is 6.09 Å². The van der Waals surface area contributed by atoms with Crippen LogP contribution in [-0.2, 0) is 17.8 Å². The van der Waals surface area contributed by atoms with Crippen LogP contribution in [0.25, 0.3) is 11.5 Å². The van der Waals surface area contributed by atoms with Crippen molar-refractivity contribution < 1.29 is 9.53 Å². The minimum atomic E-state index is -0.431. The number of amides is 1. The average molecular weight is 382 g/mol. The Morgan fingerprint density at radius 2 is 2.19 bits per heavy atom. The van der Waals surface area contributed by atoms with Crippen LogP contribution in [0.5, 0.6) is 0 Å². The zero-order valence-corrected chi connectivity index (χ0v) is 15.5. The molecule has 1 atom stereocenters. The number of H-pyrrole nitrogens is 1. The van der Waals surface area contributed by atoms with Gasteiger partial charge in [-0.1, -0.05) is 30.3 Å². The lowest BCUT2D eigenvalue weighted by Crippen LogP contribution is -2.42. The van der Waals surface area contributed by atoms with E-state index in [4.69, 9.17) is 4.74 Å². The van der Waals surface area contributed by atoms with Gasteiger partial charge in [0.25, 0.3) is 5.56 Å². The predicted octanol–water partition coefficient (Wildman–Crippen LogP) is 3.15. The third-order valence-electron chi connectivity index (χ3n) is 4.62. The van der Waals surface area contributed by atoms with Crippen molar-refractivity contribution in [1.82, 2.24) is 19.9 Å². The first-order chi connectivity index (χ1) is 13.1. The molecule has 4 rings (SSSR count). The summed E-state index contributed by atoms with van der Waals surface area (Å²) in [6.45, 7) is 2.48. The monoisotopic (exact) mass is 382 g/mol. The molecule has 3 aromatic rings. The number of benzene rings is 1. The third kappa shape index (κ3) is 3.48. The van der Waals surface area contributed by atoms with Crippen LogP contribution in [0.1, 0.15) is 29.8 Å². The zero-order chi connectivity index (χ0) is 18.8. The zero-order valence-electron chi connectivity index (χ0n) is 14.7. The fourth-order valence-corrected chi connectivity index (χ4v) is 3.77. The van der Waals surface area contributed by atoms with Crippen LogP contribution < -0.4 is 5.56 Å². The molecule has 0 fully saturated rings. The highest BCUT2D eigenvalue weighted by Crippen LogP contribution is 2.27. The molecule has 138 valence electrons. The van der Waals surface area contributed by atoms with Crippen LogP contribution in [0.4, 0.5) is 4.79 Å². The summed E-state index contributed by atoms with van der Waals surface area (Å²) in [5.74, 6) is 0.465. The molecule has 3 heterocycles. The van der Waals surface area contributed by atoms with Gasteiger partial charge in [-0.05, 0) is 12.5 Å². The summed E-state index contributed by atoms with van der Waals surface area (Å²) < 4.78 is 5.42. The van der Waals surface area contributed by atoms with E-state index in [0.29, 0.717) is 35.7 Å². The molecule has 1 amide bonds. The molecular weight excluding hydrogens is 364 g/mol. The van der Waals surface area contributed by atoms with Gasteiger partial charge in [-0.25, -0.2) is 14.8 Å². The summed E-state index contributed by atoms with van der Waals surface area (Å²) in [6.07, 6.45) is 0.0706. The Morgan fingerprint density at radius 3 is 2.93 bits per heavy atom. The maximum Gasteiger partial charge on any atom is 0.410 e. The molecule has 0 radical (unpaired) electrons.